The van der Waals surface area contributed by atoms with Crippen molar-refractivity contribution in [3.63, 3.8) is 0 Å². The number of rotatable bonds is 4. The van der Waals surface area contributed by atoms with E-state index in [1.54, 1.807) is 0 Å². The van der Waals surface area contributed by atoms with Crippen molar-refractivity contribution in [1.82, 2.24) is 9.88 Å². The van der Waals surface area contributed by atoms with Crippen molar-refractivity contribution in [3.8, 4) is 0 Å². The standard InChI is InChI=1S/C17H28N2/c1-11-7-16(13(3)19(11)4)10-18-12(2)17-9-14-5-6-15(17)8-14/h7,12,14-15,17-18H,5-6,8-10H2,1-4H3. The molecule has 1 aromatic heterocycles. The highest BCUT2D eigenvalue weighted by molar-refractivity contribution is 5.26. The molecule has 3 rings (SSSR count). The molecule has 0 spiro atoms. The Bertz CT molecular complexity index is 460. The Hall–Kier alpha value is -0.760. The van der Waals surface area contributed by atoms with Gasteiger partial charge in [0.25, 0.3) is 0 Å². The zero-order valence-electron chi connectivity index (χ0n) is 12.9. The van der Waals surface area contributed by atoms with E-state index in [0.29, 0.717) is 6.04 Å². The molecule has 4 atom stereocenters. The maximum atomic E-state index is 3.79. The molecule has 4 unspecified atom stereocenters. The summed E-state index contributed by atoms with van der Waals surface area (Å²) in [6.07, 6.45) is 5.99. The fraction of sp³-hybridized carbons (Fsp3) is 0.765. The average molecular weight is 260 g/mol. The molecule has 2 bridgehead atoms. The van der Waals surface area contributed by atoms with Crippen LogP contribution in [0.5, 0.6) is 0 Å². The minimum Gasteiger partial charge on any atom is -0.352 e. The van der Waals surface area contributed by atoms with Gasteiger partial charge >= 0.3 is 0 Å². The minimum absolute atomic E-state index is 0.676. The third-order valence-electron chi connectivity index (χ3n) is 5.93. The first-order chi connectivity index (χ1) is 9.06. The number of aryl methyl sites for hydroxylation is 1. The van der Waals surface area contributed by atoms with Crippen LogP contribution in [0.3, 0.4) is 0 Å². The van der Waals surface area contributed by atoms with Gasteiger partial charge in [-0.3, -0.25) is 0 Å². The van der Waals surface area contributed by atoms with E-state index < -0.39 is 0 Å². The van der Waals surface area contributed by atoms with Gasteiger partial charge in [0.1, 0.15) is 0 Å². The molecule has 19 heavy (non-hydrogen) atoms. The molecule has 0 amide bonds. The molecule has 0 saturated heterocycles. The van der Waals surface area contributed by atoms with Gasteiger partial charge in [0.05, 0.1) is 0 Å². The molecule has 2 aliphatic carbocycles. The molecule has 2 saturated carbocycles. The van der Waals surface area contributed by atoms with Gasteiger partial charge in [-0.15, -0.1) is 0 Å². The quantitative estimate of drug-likeness (QED) is 0.876. The first kappa shape index (κ1) is 13.2. The molecule has 0 aliphatic heterocycles. The molecular weight excluding hydrogens is 232 g/mol. The minimum atomic E-state index is 0.676. The van der Waals surface area contributed by atoms with Crippen LogP contribution in [0.15, 0.2) is 6.07 Å². The predicted molar refractivity (Wildman–Crippen MR) is 80.1 cm³/mol. The summed E-state index contributed by atoms with van der Waals surface area (Å²) in [5.74, 6) is 3.01. The van der Waals surface area contributed by atoms with Crippen molar-refractivity contribution in [2.24, 2.45) is 24.8 Å². The molecular formula is C17H28N2. The van der Waals surface area contributed by atoms with Gasteiger partial charge in [-0.05, 0) is 69.4 Å². The molecule has 0 radical (unpaired) electrons. The first-order valence-corrected chi connectivity index (χ1v) is 7.91. The van der Waals surface area contributed by atoms with Gasteiger partial charge in [0, 0.05) is 31.0 Å². The zero-order valence-corrected chi connectivity index (χ0v) is 12.9. The summed E-state index contributed by atoms with van der Waals surface area (Å²) in [6.45, 7) is 7.85. The molecule has 0 aromatic carbocycles. The van der Waals surface area contributed by atoms with Crippen LogP contribution in [0.1, 0.15) is 49.6 Å². The van der Waals surface area contributed by atoms with Crippen molar-refractivity contribution in [3.05, 3.63) is 23.0 Å². The van der Waals surface area contributed by atoms with Gasteiger partial charge in [0.2, 0.25) is 0 Å². The summed E-state index contributed by atoms with van der Waals surface area (Å²) in [6, 6.07) is 3.01. The lowest BCUT2D eigenvalue weighted by Gasteiger charge is -2.28. The first-order valence-electron chi connectivity index (χ1n) is 7.91. The second-order valence-electron chi connectivity index (χ2n) is 6.96. The number of nitrogens with zero attached hydrogens (tertiary/aromatic N) is 1. The molecule has 2 nitrogen and oxygen atoms in total. The fourth-order valence-corrected chi connectivity index (χ4v) is 4.44. The van der Waals surface area contributed by atoms with E-state index in [1.165, 1.54) is 42.6 Å². The van der Waals surface area contributed by atoms with Crippen molar-refractivity contribution < 1.29 is 0 Å². The van der Waals surface area contributed by atoms with E-state index in [1.807, 2.05) is 0 Å². The maximum Gasteiger partial charge on any atom is 0.0225 e. The van der Waals surface area contributed by atoms with Crippen molar-refractivity contribution in [1.29, 1.82) is 0 Å². The van der Waals surface area contributed by atoms with Crippen LogP contribution in [0.2, 0.25) is 0 Å². The lowest BCUT2D eigenvalue weighted by atomic mass is 9.84. The molecule has 2 fully saturated rings. The van der Waals surface area contributed by atoms with Crippen LogP contribution < -0.4 is 5.32 Å². The van der Waals surface area contributed by atoms with Crippen LogP contribution in [0.25, 0.3) is 0 Å². The SMILES string of the molecule is Cc1cc(CNC(C)C2CC3CCC2C3)c(C)n1C. The zero-order chi connectivity index (χ0) is 13.6. The highest BCUT2D eigenvalue weighted by Gasteiger charge is 2.41. The van der Waals surface area contributed by atoms with Gasteiger partial charge in [-0.2, -0.15) is 0 Å². The van der Waals surface area contributed by atoms with E-state index >= 15 is 0 Å². The van der Waals surface area contributed by atoms with Crippen molar-refractivity contribution >= 4 is 0 Å². The van der Waals surface area contributed by atoms with E-state index in [0.717, 1.165) is 24.3 Å². The Morgan fingerprint density at radius 2 is 2.11 bits per heavy atom. The predicted octanol–water partition coefficient (Wildman–Crippen LogP) is 3.56. The third kappa shape index (κ3) is 2.35. The van der Waals surface area contributed by atoms with E-state index in [9.17, 15) is 0 Å². The van der Waals surface area contributed by atoms with Crippen molar-refractivity contribution in [2.75, 3.05) is 0 Å². The lowest BCUT2D eigenvalue weighted by molar-refractivity contribution is 0.259. The Kier molecular flexibility index (Phi) is 3.46. The maximum absolute atomic E-state index is 3.79. The summed E-state index contributed by atoms with van der Waals surface area (Å²) in [5.41, 5.74) is 4.24. The number of aromatic nitrogens is 1. The molecule has 2 heteroatoms. The normalized spacial score (nSPS) is 31.1. The van der Waals surface area contributed by atoms with Crippen LogP contribution in [-0.4, -0.2) is 10.6 Å². The van der Waals surface area contributed by atoms with Crippen LogP contribution in [0, 0.1) is 31.6 Å². The van der Waals surface area contributed by atoms with E-state index in [-0.39, 0.29) is 0 Å². The number of hydrogen-bond acceptors (Lipinski definition) is 1. The van der Waals surface area contributed by atoms with E-state index in [4.69, 9.17) is 0 Å². The van der Waals surface area contributed by atoms with Crippen molar-refractivity contribution in [2.45, 2.75) is 59.0 Å². The molecule has 1 N–H and O–H groups in total. The van der Waals surface area contributed by atoms with E-state index in [2.05, 4.69) is 43.8 Å². The largest absolute Gasteiger partial charge is 0.352 e. The smallest absolute Gasteiger partial charge is 0.0225 e. The van der Waals surface area contributed by atoms with Crippen LogP contribution in [-0.2, 0) is 13.6 Å². The summed E-state index contributed by atoms with van der Waals surface area (Å²) in [4.78, 5) is 0. The summed E-state index contributed by atoms with van der Waals surface area (Å²) >= 11 is 0. The topological polar surface area (TPSA) is 17.0 Å². The number of hydrogen-bond donors (Lipinski definition) is 1. The monoisotopic (exact) mass is 260 g/mol. The third-order valence-corrected chi connectivity index (χ3v) is 5.93. The molecule has 1 heterocycles. The Labute approximate surface area is 117 Å². The Morgan fingerprint density at radius 1 is 1.32 bits per heavy atom. The number of fused-ring (bicyclic) bond motifs is 2. The van der Waals surface area contributed by atoms with Gasteiger partial charge in [0.15, 0.2) is 0 Å². The molecule has 106 valence electrons. The van der Waals surface area contributed by atoms with Gasteiger partial charge in [-0.25, -0.2) is 0 Å². The van der Waals surface area contributed by atoms with Gasteiger partial charge < -0.3 is 9.88 Å². The molecule has 2 aliphatic rings. The summed E-state index contributed by atoms with van der Waals surface area (Å²) in [5, 5.41) is 3.79. The Balaban J connectivity index is 1.58. The summed E-state index contributed by atoms with van der Waals surface area (Å²) < 4.78 is 2.29. The number of nitrogens with one attached hydrogen (secondary N) is 1. The van der Waals surface area contributed by atoms with Crippen LogP contribution in [0.4, 0.5) is 0 Å². The molecule has 1 aromatic rings. The Morgan fingerprint density at radius 3 is 2.63 bits per heavy atom. The highest BCUT2D eigenvalue weighted by atomic mass is 15.0. The second kappa shape index (κ2) is 4.97. The van der Waals surface area contributed by atoms with Gasteiger partial charge in [-0.1, -0.05) is 6.42 Å². The fourth-order valence-electron chi connectivity index (χ4n) is 4.44. The average Bonchev–Trinajstić information content (AvgIpc) is 3.08. The lowest BCUT2D eigenvalue weighted by Crippen LogP contribution is -2.35. The second-order valence-corrected chi connectivity index (χ2v) is 6.96. The highest BCUT2D eigenvalue weighted by Crippen LogP contribution is 2.49. The summed E-state index contributed by atoms with van der Waals surface area (Å²) in [7, 11) is 2.16. The van der Waals surface area contributed by atoms with Crippen LogP contribution >= 0.6 is 0 Å².